The van der Waals surface area contributed by atoms with Gasteiger partial charge in [-0.15, -0.1) is 0 Å². The van der Waals surface area contributed by atoms with Crippen LogP contribution >= 0.6 is 0 Å². The van der Waals surface area contributed by atoms with Crippen LogP contribution in [0.25, 0.3) is 55.2 Å². The maximum absolute atomic E-state index is 13.8. The smallest absolute Gasteiger partial charge is 0.253 e. The van der Waals surface area contributed by atoms with E-state index in [2.05, 4.69) is 26.4 Å². The molecule has 0 atom stereocenters. The summed E-state index contributed by atoms with van der Waals surface area (Å²) in [5, 5.41) is 10.1. The number of ether oxygens (including phenoxy) is 2. The molecule has 0 bridgehead atoms. The minimum absolute atomic E-state index is 0.0949. The van der Waals surface area contributed by atoms with Crippen LogP contribution in [0.2, 0.25) is 0 Å². The number of hydrogen-bond donors (Lipinski definition) is 2. The van der Waals surface area contributed by atoms with Crippen molar-refractivity contribution in [2.24, 2.45) is 0 Å². The summed E-state index contributed by atoms with van der Waals surface area (Å²) in [7, 11) is 1.66. The molecule has 2 saturated heterocycles. The summed E-state index contributed by atoms with van der Waals surface area (Å²) in [5.74, 6) is 1.96. The van der Waals surface area contributed by atoms with E-state index >= 15 is 0 Å². The van der Waals surface area contributed by atoms with Gasteiger partial charge in [0.1, 0.15) is 23.0 Å². The Hall–Kier alpha value is -4.87. The van der Waals surface area contributed by atoms with Crippen molar-refractivity contribution in [3.63, 3.8) is 0 Å². The lowest BCUT2D eigenvalue weighted by molar-refractivity contribution is 0.0238. The number of amides is 1. The molecule has 0 radical (unpaired) electrons. The Kier molecular flexibility index (Phi) is 7.80. The van der Waals surface area contributed by atoms with Crippen molar-refractivity contribution < 1.29 is 18.8 Å². The van der Waals surface area contributed by atoms with Gasteiger partial charge in [0.2, 0.25) is 0 Å². The third-order valence-electron chi connectivity index (χ3n) is 10.0. The number of fused-ring (bicyclic) bond motifs is 4. The predicted molar refractivity (Wildman–Crippen MR) is 184 cm³/mol. The van der Waals surface area contributed by atoms with Crippen LogP contribution in [-0.2, 0) is 4.74 Å². The Morgan fingerprint density at radius 2 is 1.81 bits per heavy atom. The second-order valence-electron chi connectivity index (χ2n) is 13.0. The predicted octanol–water partition coefficient (Wildman–Crippen LogP) is 6.29. The van der Waals surface area contributed by atoms with E-state index in [0.717, 1.165) is 113 Å². The van der Waals surface area contributed by atoms with E-state index in [1.807, 2.05) is 51.1 Å². The van der Waals surface area contributed by atoms with Gasteiger partial charge in [0, 0.05) is 72.0 Å². The summed E-state index contributed by atoms with van der Waals surface area (Å²) in [6.45, 7) is 9.38. The lowest BCUT2D eigenvalue weighted by Crippen LogP contribution is -2.49. The average molecular weight is 646 g/mol. The summed E-state index contributed by atoms with van der Waals surface area (Å²) in [5.41, 5.74) is 7.05. The molecule has 0 unspecified atom stereocenters. The number of rotatable bonds is 6. The van der Waals surface area contributed by atoms with Crippen molar-refractivity contribution in [3.05, 3.63) is 65.4 Å². The molecule has 2 aliphatic rings. The fourth-order valence-electron chi connectivity index (χ4n) is 7.65. The molecule has 4 aromatic heterocycles. The topological polar surface area (TPSA) is 131 Å². The zero-order valence-corrected chi connectivity index (χ0v) is 27.7. The number of benzene rings is 2. The van der Waals surface area contributed by atoms with Gasteiger partial charge in [-0.05, 0) is 70.7 Å². The zero-order chi connectivity index (χ0) is 32.9. The molecule has 0 spiro atoms. The van der Waals surface area contributed by atoms with Crippen LogP contribution < -0.4 is 10.1 Å². The molecule has 0 aliphatic carbocycles. The highest BCUT2D eigenvalue weighted by Gasteiger charge is 2.28. The lowest BCUT2D eigenvalue weighted by Gasteiger charge is -2.39. The fourth-order valence-corrected chi connectivity index (χ4v) is 7.65. The Morgan fingerprint density at radius 3 is 2.56 bits per heavy atom. The summed E-state index contributed by atoms with van der Waals surface area (Å²) >= 11 is 0. The van der Waals surface area contributed by atoms with Gasteiger partial charge in [-0.1, -0.05) is 17.3 Å². The number of piperidine rings is 1. The first kappa shape index (κ1) is 30.5. The van der Waals surface area contributed by atoms with Crippen molar-refractivity contribution in [1.82, 2.24) is 35.3 Å². The number of aromatic nitrogens is 5. The van der Waals surface area contributed by atoms with Crippen LogP contribution in [0.1, 0.15) is 53.3 Å². The van der Waals surface area contributed by atoms with Gasteiger partial charge < -0.3 is 29.2 Å². The fraction of sp³-hybridized carbons (Fsp3) is 0.378. The highest BCUT2D eigenvalue weighted by molar-refractivity contribution is 6.17. The molecule has 11 heteroatoms. The highest BCUT2D eigenvalue weighted by atomic mass is 16.5. The molecule has 2 fully saturated rings. The van der Waals surface area contributed by atoms with Crippen LogP contribution in [0.15, 0.2) is 47.1 Å². The average Bonchev–Trinajstić information content (AvgIpc) is 3.64. The number of H-pyrrole nitrogens is 1. The number of aromatic amines is 1. The maximum atomic E-state index is 13.8. The van der Waals surface area contributed by atoms with Gasteiger partial charge in [-0.3, -0.25) is 9.78 Å². The standard InChI is InChI=1S/C37H39N7O4/c1-20-32(21(2)48-43-20)29-18-30-28(19-31(29)46-4)33-35(39-22(3)40-36(33)42-30)26-7-8-27(34-25(26)6-5-13-38-34)37(45)41-23-9-14-44(15-10-23)24-11-16-47-17-12-24/h5-8,13,18-19,23-24H,9-12,14-17H2,1-4H3,(H,41,45)(H,39,40,42). The lowest BCUT2D eigenvalue weighted by atomic mass is 9.96. The molecule has 1 amide bonds. The third kappa shape index (κ3) is 5.27. The van der Waals surface area contributed by atoms with Crippen molar-refractivity contribution in [2.45, 2.75) is 58.5 Å². The van der Waals surface area contributed by atoms with E-state index in [0.29, 0.717) is 28.7 Å². The highest BCUT2D eigenvalue weighted by Crippen LogP contribution is 2.42. The first-order chi connectivity index (χ1) is 23.4. The Balaban J connectivity index is 1.16. The number of carbonyl (C=O) groups is 1. The first-order valence-electron chi connectivity index (χ1n) is 16.7. The van der Waals surface area contributed by atoms with E-state index in [-0.39, 0.29) is 11.9 Å². The number of pyridine rings is 1. The monoisotopic (exact) mass is 645 g/mol. The summed E-state index contributed by atoms with van der Waals surface area (Å²) in [4.78, 5) is 34.3. The quantitative estimate of drug-likeness (QED) is 0.215. The maximum Gasteiger partial charge on any atom is 0.253 e. The van der Waals surface area contributed by atoms with Gasteiger partial charge in [-0.2, -0.15) is 0 Å². The van der Waals surface area contributed by atoms with Gasteiger partial charge in [0.15, 0.2) is 0 Å². The van der Waals surface area contributed by atoms with Crippen LogP contribution in [0, 0.1) is 20.8 Å². The largest absolute Gasteiger partial charge is 0.496 e. The molecule has 6 heterocycles. The molecular formula is C37H39N7O4. The molecular weight excluding hydrogens is 606 g/mol. The number of carbonyl (C=O) groups excluding carboxylic acids is 1. The third-order valence-corrected chi connectivity index (χ3v) is 10.0. The van der Waals surface area contributed by atoms with Crippen molar-refractivity contribution in [1.29, 1.82) is 0 Å². The minimum atomic E-state index is -0.0949. The van der Waals surface area contributed by atoms with Crippen LogP contribution in [-0.4, -0.2) is 81.4 Å². The Bertz CT molecular complexity index is 2150. The molecule has 246 valence electrons. The SMILES string of the molecule is COc1cc2c(cc1-c1c(C)noc1C)[nH]c1nc(C)nc(-c3ccc(C(=O)NC4CCN(C5CCOCC5)CC4)c4ncccc34)c12. The zero-order valence-electron chi connectivity index (χ0n) is 27.7. The number of nitrogens with one attached hydrogen (secondary N) is 2. The van der Waals surface area contributed by atoms with Gasteiger partial charge in [0.25, 0.3) is 5.91 Å². The van der Waals surface area contributed by atoms with E-state index in [9.17, 15) is 4.79 Å². The number of hydrogen-bond acceptors (Lipinski definition) is 9. The summed E-state index contributed by atoms with van der Waals surface area (Å²) < 4.78 is 16.9. The van der Waals surface area contributed by atoms with Gasteiger partial charge >= 0.3 is 0 Å². The molecule has 2 aromatic carbocycles. The molecule has 2 N–H and O–H groups in total. The normalized spacial score (nSPS) is 16.7. The Labute approximate surface area is 278 Å². The van der Waals surface area contributed by atoms with Crippen LogP contribution in [0.3, 0.4) is 0 Å². The number of methoxy groups -OCH3 is 1. The first-order valence-corrected chi connectivity index (χ1v) is 16.7. The van der Waals surface area contributed by atoms with Gasteiger partial charge in [0.05, 0.1) is 40.5 Å². The summed E-state index contributed by atoms with van der Waals surface area (Å²) in [6.07, 6.45) is 5.80. The number of aryl methyl sites for hydroxylation is 3. The van der Waals surface area contributed by atoms with Crippen molar-refractivity contribution >= 4 is 38.7 Å². The molecule has 8 rings (SSSR count). The van der Waals surface area contributed by atoms with E-state index in [4.69, 9.17) is 28.9 Å². The van der Waals surface area contributed by atoms with Gasteiger partial charge in [-0.25, -0.2) is 9.97 Å². The van der Waals surface area contributed by atoms with E-state index in [1.54, 1.807) is 13.3 Å². The van der Waals surface area contributed by atoms with Crippen LogP contribution in [0.5, 0.6) is 5.75 Å². The van der Waals surface area contributed by atoms with Crippen molar-refractivity contribution in [3.8, 4) is 28.1 Å². The molecule has 6 aromatic rings. The van der Waals surface area contributed by atoms with E-state index in [1.165, 1.54) is 0 Å². The van der Waals surface area contributed by atoms with E-state index < -0.39 is 0 Å². The Morgan fingerprint density at radius 1 is 1.00 bits per heavy atom. The second-order valence-corrected chi connectivity index (χ2v) is 13.0. The minimum Gasteiger partial charge on any atom is -0.496 e. The molecule has 48 heavy (non-hydrogen) atoms. The van der Waals surface area contributed by atoms with Crippen LogP contribution in [0.4, 0.5) is 0 Å². The summed E-state index contributed by atoms with van der Waals surface area (Å²) in [6, 6.07) is 12.6. The number of nitrogens with zero attached hydrogens (tertiary/aromatic N) is 5. The second kappa shape index (κ2) is 12.3. The van der Waals surface area contributed by atoms with Crippen molar-refractivity contribution in [2.75, 3.05) is 33.4 Å². The number of likely N-dealkylation sites (tertiary alicyclic amines) is 1. The molecule has 11 nitrogen and oxygen atoms in total. The molecule has 2 aliphatic heterocycles. The molecule has 0 saturated carbocycles.